The normalized spacial score (nSPS) is 17.6. The molecule has 1 aliphatic heterocycles. The number of anilines is 2. The Balaban J connectivity index is 1.50. The molecule has 152 valence electrons. The maximum Gasteiger partial charge on any atom is 0.254 e. The van der Waals surface area contributed by atoms with Crippen LogP contribution in [0.25, 0.3) is 11.7 Å². The number of nitrogens with zero attached hydrogens (tertiary/aromatic N) is 3. The lowest BCUT2D eigenvalue weighted by atomic mass is 10.1. The average Bonchev–Trinajstić information content (AvgIpc) is 3.35. The molecule has 3 aromatic rings. The van der Waals surface area contributed by atoms with Gasteiger partial charge in [-0.25, -0.2) is 4.98 Å². The summed E-state index contributed by atoms with van der Waals surface area (Å²) in [5.74, 6) is 0.840. The number of fused-ring (bicyclic) bond motifs is 1. The fraction of sp³-hybridized carbons (Fsp3) is 0.238. The molecule has 2 aromatic heterocycles. The topological polar surface area (TPSA) is 100 Å². The van der Waals surface area contributed by atoms with Gasteiger partial charge in [-0.15, -0.1) is 0 Å². The van der Waals surface area contributed by atoms with Crippen LogP contribution in [0.1, 0.15) is 30.4 Å². The quantitative estimate of drug-likeness (QED) is 0.417. The van der Waals surface area contributed by atoms with Gasteiger partial charge in [-0.2, -0.15) is 9.61 Å². The highest BCUT2D eigenvalue weighted by Gasteiger charge is 2.25. The van der Waals surface area contributed by atoms with Crippen molar-refractivity contribution in [2.24, 2.45) is 0 Å². The van der Waals surface area contributed by atoms with E-state index in [0.717, 1.165) is 24.2 Å². The molecule has 2 aliphatic rings. The monoisotopic (exact) mass is 422 g/mol. The van der Waals surface area contributed by atoms with E-state index < -0.39 is 0 Å². The van der Waals surface area contributed by atoms with Crippen LogP contribution in [0, 0.1) is 0 Å². The van der Waals surface area contributed by atoms with Gasteiger partial charge < -0.3 is 10.6 Å². The Kier molecular flexibility index (Phi) is 4.63. The molecule has 0 radical (unpaired) electrons. The van der Waals surface area contributed by atoms with Crippen LogP contribution in [0.5, 0.6) is 0 Å². The molecular weight excluding hydrogens is 404 g/mol. The van der Waals surface area contributed by atoms with Crippen LogP contribution in [0.2, 0.25) is 5.02 Å². The van der Waals surface area contributed by atoms with Gasteiger partial charge in [0.1, 0.15) is 11.6 Å². The van der Waals surface area contributed by atoms with Crippen LogP contribution < -0.4 is 16.0 Å². The number of carbonyl (C=O) groups excluding carboxylic acids is 2. The fourth-order valence-corrected chi connectivity index (χ4v) is 3.57. The molecule has 8 nitrogen and oxygen atoms in total. The molecule has 1 saturated carbocycles. The Morgan fingerprint density at radius 3 is 2.87 bits per heavy atom. The minimum absolute atomic E-state index is 0.0655. The molecule has 0 unspecified atom stereocenters. The van der Waals surface area contributed by atoms with E-state index in [9.17, 15) is 9.59 Å². The Morgan fingerprint density at radius 2 is 2.13 bits per heavy atom. The van der Waals surface area contributed by atoms with E-state index in [1.165, 1.54) is 0 Å². The van der Waals surface area contributed by atoms with Crippen molar-refractivity contribution >= 4 is 46.8 Å². The number of benzene rings is 1. The smallest absolute Gasteiger partial charge is 0.254 e. The molecule has 1 aliphatic carbocycles. The van der Waals surface area contributed by atoms with Crippen LogP contribution >= 0.6 is 11.6 Å². The van der Waals surface area contributed by atoms with Crippen LogP contribution in [-0.4, -0.2) is 32.5 Å². The second-order valence-electron chi connectivity index (χ2n) is 7.49. The first-order valence-corrected chi connectivity index (χ1v) is 10.1. The van der Waals surface area contributed by atoms with E-state index in [2.05, 4.69) is 21.0 Å². The molecule has 2 fully saturated rings. The Hall–Kier alpha value is -3.39. The summed E-state index contributed by atoms with van der Waals surface area (Å²) in [6.07, 6.45) is 5.64. The summed E-state index contributed by atoms with van der Waals surface area (Å²) < 4.78 is 1.73. The van der Waals surface area contributed by atoms with Crippen molar-refractivity contribution in [1.82, 2.24) is 19.9 Å². The van der Waals surface area contributed by atoms with Crippen molar-refractivity contribution in [3.05, 3.63) is 58.3 Å². The predicted octanol–water partition coefficient (Wildman–Crippen LogP) is 3.00. The maximum absolute atomic E-state index is 11.9. The summed E-state index contributed by atoms with van der Waals surface area (Å²) in [5, 5.41) is 14.2. The molecule has 30 heavy (non-hydrogen) atoms. The van der Waals surface area contributed by atoms with E-state index >= 15 is 0 Å². The zero-order valence-electron chi connectivity index (χ0n) is 16.0. The molecule has 1 saturated heterocycles. The van der Waals surface area contributed by atoms with Gasteiger partial charge in [-0.3, -0.25) is 14.9 Å². The lowest BCUT2D eigenvalue weighted by Gasteiger charge is -2.12. The molecule has 3 N–H and O–H groups in total. The Bertz CT molecular complexity index is 1200. The predicted molar refractivity (Wildman–Crippen MR) is 114 cm³/mol. The second-order valence-corrected chi connectivity index (χ2v) is 7.92. The maximum atomic E-state index is 11.9. The minimum atomic E-state index is -0.370. The summed E-state index contributed by atoms with van der Waals surface area (Å²) >= 11 is 6.08. The molecule has 0 spiro atoms. The molecule has 9 heteroatoms. The van der Waals surface area contributed by atoms with Crippen molar-refractivity contribution in [2.75, 3.05) is 10.6 Å². The van der Waals surface area contributed by atoms with Crippen LogP contribution in [0.3, 0.4) is 0 Å². The molecular formula is C21H19ClN6O2. The number of hydrogen-bond acceptors (Lipinski definition) is 6. The van der Waals surface area contributed by atoms with Crippen molar-refractivity contribution in [1.29, 1.82) is 0 Å². The summed E-state index contributed by atoms with van der Waals surface area (Å²) in [5.41, 5.74) is 2.73. The van der Waals surface area contributed by atoms with Crippen molar-refractivity contribution in [3.63, 3.8) is 0 Å². The van der Waals surface area contributed by atoms with E-state index in [4.69, 9.17) is 16.6 Å². The van der Waals surface area contributed by atoms with E-state index in [1.807, 2.05) is 30.3 Å². The standard InChI is InChI=1S/C21H19ClN6O2/c22-15-3-1-2-12(6-15)10-23-17-9-18(25-16-4-5-16)28-20(26-17)14(11-24-28)7-13-8-19(29)27-21(13)30/h1-3,6-7,9,11,16,25H,4-5,8,10H2,(H,23,26)(H,27,29,30)/b13-7+. The highest BCUT2D eigenvalue weighted by molar-refractivity contribution is 6.30. The molecule has 2 amide bonds. The SMILES string of the molecule is O=C1C/C(=C\c2cnn3c(NC4CC4)cc(NCc4cccc(Cl)c4)nc23)C(=O)N1. The molecule has 3 heterocycles. The average molecular weight is 423 g/mol. The number of carbonyl (C=O) groups is 2. The molecule has 5 rings (SSSR count). The van der Waals surface area contributed by atoms with Crippen molar-refractivity contribution < 1.29 is 9.59 Å². The summed E-state index contributed by atoms with van der Waals surface area (Å²) in [6.45, 7) is 0.564. The van der Waals surface area contributed by atoms with Gasteiger partial charge in [0.25, 0.3) is 5.91 Å². The van der Waals surface area contributed by atoms with E-state index in [1.54, 1.807) is 16.8 Å². The fourth-order valence-electron chi connectivity index (χ4n) is 3.36. The number of rotatable bonds is 6. The zero-order valence-corrected chi connectivity index (χ0v) is 16.7. The first kappa shape index (κ1) is 18.6. The first-order chi connectivity index (χ1) is 14.5. The third kappa shape index (κ3) is 3.86. The minimum Gasteiger partial charge on any atom is -0.367 e. The number of amides is 2. The third-order valence-corrected chi connectivity index (χ3v) is 5.25. The third-order valence-electron chi connectivity index (χ3n) is 5.02. The van der Waals surface area contributed by atoms with Gasteiger partial charge in [0, 0.05) is 34.8 Å². The second kappa shape index (κ2) is 7.46. The van der Waals surface area contributed by atoms with Gasteiger partial charge in [0.15, 0.2) is 5.65 Å². The number of nitrogens with one attached hydrogen (secondary N) is 3. The molecule has 0 bridgehead atoms. The molecule has 1 aromatic carbocycles. The van der Waals surface area contributed by atoms with Crippen molar-refractivity contribution in [2.45, 2.75) is 31.8 Å². The van der Waals surface area contributed by atoms with Crippen molar-refractivity contribution in [3.8, 4) is 0 Å². The molecule has 0 atom stereocenters. The first-order valence-electron chi connectivity index (χ1n) is 9.73. The number of hydrogen-bond donors (Lipinski definition) is 3. The largest absolute Gasteiger partial charge is 0.367 e. The highest BCUT2D eigenvalue weighted by Crippen LogP contribution is 2.28. The summed E-state index contributed by atoms with van der Waals surface area (Å²) in [7, 11) is 0. The van der Waals surface area contributed by atoms with E-state index in [-0.39, 0.29) is 18.2 Å². The van der Waals surface area contributed by atoms with Crippen LogP contribution in [-0.2, 0) is 16.1 Å². The van der Waals surface area contributed by atoms with Gasteiger partial charge in [-0.1, -0.05) is 23.7 Å². The number of aromatic nitrogens is 3. The number of imide groups is 1. The van der Waals surface area contributed by atoms with Crippen LogP contribution in [0.4, 0.5) is 11.6 Å². The van der Waals surface area contributed by atoms with E-state index in [0.29, 0.717) is 40.2 Å². The van der Waals surface area contributed by atoms with Gasteiger partial charge in [0.2, 0.25) is 5.91 Å². The van der Waals surface area contributed by atoms with Crippen LogP contribution in [0.15, 0.2) is 42.1 Å². The highest BCUT2D eigenvalue weighted by atomic mass is 35.5. The summed E-state index contributed by atoms with van der Waals surface area (Å²) in [4.78, 5) is 28.1. The van der Waals surface area contributed by atoms with Gasteiger partial charge in [-0.05, 0) is 36.6 Å². The zero-order chi connectivity index (χ0) is 20.7. The van der Waals surface area contributed by atoms with Gasteiger partial charge in [0.05, 0.1) is 12.6 Å². The van der Waals surface area contributed by atoms with Gasteiger partial charge >= 0.3 is 0 Å². The summed E-state index contributed by atoms with van der Waals surface area (Å²) in [6, 6.07) is 9.99. The lowest BCUT2D eigenvalue weighted by molar-refractivity contribution is -0.124. The number of halogens is 1. The lowest BCUT2D eigenvalue weighted by Crippen LogP contribution is -2.19. The Labute approximate surface area is 177 Å². The Morgan fingerprint density at radius 1 is 1.27 bits per heavy atom.